The molecule has 3 heterocycles. The van der Waals surface area contributed by atoms with E-state index in [2.05, 4.69) is 25.7 Å². The number of nitrogens with one attached hydrogen (secondary N) is 2. The molecule has 2 saturated heterocycles. The van der Waals surface area contributed by atoms with Crippen LogP contribution in [-0.2, 0) is 4.74 Å². The number of carbonyl (C=O) groups is 1. The van der Waals surface area contributed by atoms with Crippen LogP contribution in [0.3, 0.4) is 0 Å². The molecule has 9 heteroatoms. The number of hydrogen-bond donors (Lipinski definition) is 2. The smallest absolute Gasteiger partial charge is 0.276 e. The van der Waals surface area contributed by atoms with Gasteiger partial charge >= 0.3 is 0 Å². The van der Waals surface area contributed by atoms with Gasteiger partial charge in [0, 0.05) is 38.9 Å². The second kappa shape index (κ2) is 9.91. The molecule has 5 rings (SSSR count). The van der Waals surface area contributed by atoms with Crippen molar-refractivity contribution in [3.05, 3.63) is 46.9 Å². The molecule has 1 aliphatic carbocycles. The first-order valence-electron chi connectivity index (χ1n) is 11.7. The molecule has 0 radical (unpaired) electrons. The minimum absolute atomic E-state index is 0.146. The van der Waals surface area contributed by atoms with Crippen LogP contribution >= 0.6 is 11.6 Å². The number of fused-ring (bicyclic) bond motifs is 1. The van der Waals surface area contributed by atoms with Crippen molar-refractivity contribution in [2.75, 3.05) is 43.5 Å². The molecule has 0 bridgehead atoms. The second-order valence-electron chi connectivity index (χ2n) is 9.49. The van der Waals surface area contributed by atoms with Crippen LogP contribution in [0.2, 0.25) is 5.02 Å². The summed E-state index contributed by atoms with van der Waals surface area (Å²) in [7, 11) is 0. The van der Waals surface area contributed by atoms with Crippen LogP contribution in [0.5, 0.6) is 0 Å². The summed E-state index contributed by atoms with van der Waals surface area (Å²) in [6.45, 7) is 5.42. The monoisotopic (exact) mass is 473 g/mol. The van der Waals surface area contributed by atoms with Gasteiger partial charge in [0.15, 0.2) is 5.69 Å². The van der Waals surface area contributed by atoms with Gasteiger partial charge in [-0.05, 0) is 73.8 Å². The number of benzene rings is 1. The van der Waals surface area contributed by atoms with Crippen molar-refractivity contribution in [1.29, 1.82) is 0 Å². The SMILES string of the molecule is O=C(Nc1cc(F)ccc1Cl)c1ccc(N[C@H]2C[C@@H]3CN(CC4CCOCC4)C[C@@H]3C2)nn1. The van der Waals surface area contributed by atoms with Gasteiger partial charge in [-0.3, -0.25) is 4.79 Å². The fourth-order valence-electron chi connectivity index (χ4n) is 5.48. The predicted molar refractivity (Wildman–Crippen MR) is 125 cm³/mol. The Morgan fingerprint density at radius 2 is 1.88 bits per heavy atom. The zero-order chi connectivity index (χ0) is 22.8. The highest BCUT2D eigenvalue weighted by Crippen LogP contribution is 2.39. The topological polar surface area (TPSA) is 79.4 Å². The molecular weight excluding hydrogens is 445 g/mol. The van der Waals surface area contributed by atoms with Gasteiger partial charge in [0.05, 0.1) is 10.7 Å². The number of halogens is 2. The van der Waals surface area contributed by atoms with Crippen molar-refractivity contribution >= 4 is 29.0 Å². The molecule has 33 heavy (non-hydrogen) atoms. The van der Waals surface area contributed by atoms with E-state index in [1.807, 2.05) is 0 Å². The average Bonchev–Trinajstić information content (AvgIpc) is 3.35. The number of likely N-dealkylation sites (tertiary alicyclic amines) is 1. The van der Waals surface area contributed by atoms with Gasteiger partial charge in [-0.25, -0.2) is 4.39 Å². The Balaban J connectivity index is 1.10. The number of amides is 1. The Kier molecular flexibility index (Phi) is 6.76. The second-order valence-corrected chi connectivity index (χ2v) is 9.90. The quantitative estimate of drug-likeness (QED) is 0.658. The van der Waals surface area contributed by atoms with Gasteiger partial charge in [0.25, 0.3) is 5.91 Å². The largest absolute Gasteiger partial charge is 0.381 e. The van der Waals surface area contributed by atoms with Crippen molar-refractivity contribution in [1.82, 2.24) is 15.1 Å². The lowest BCUT2D eigenvalue weighted by Gasteiger charge is -2.27. The lowest BCUT2D eigenvalue weighted by Crippen LogP contribution is -2.32. The fraction of sp³-hybridized carbons (Fsp3) is 0.542. The minimum Gasteiger partial charge on any atom is -0.381 e. The number of aromatic nitrogens is 2. The van der Waals surface area contributed by atoms with Gasteiger partial charge in [0.1, 0.15) is 11.6 Å². The van der Waals surface area contributed by atoms with E-state index in [4.69, 9.17) is 16.3 Å². The number of nitrogens with zero attached hydrogens (tertiary/aromatic N) is 3. The van der Waals surface area contributed by atoms with Crippen molar-refractivity contribution in [2.45, 2.75) is 31.7 Å². The summed E-state index contributed by atoms with van der Waals surface area (Å²) >= 11 is 6.01. The molecule has 7 nitrogen and oxygen atoms in total. The number of carbonyl (C=O) groups excluding carboxylic acids is 1. The van der Waals surface area contributed by atoms with Crippen LogP contribution in [0.1, 0.15) is 36.2 Å². The molecule has 1 aromatic carbocycles. The molecule has 1 aromatic heterocycles. The van der Waals surface area contributed by atoms with Crippen molar-refractivity contribution in [3.63, 3.8) is 0 Å². The van der Waals surface area contributed by atoms with Gasteiger partial charge in [-0.2, -0.15) is 0 Å². The van der Waals surface area contributed by atoms with E-state index in [1.54, 1.807) is 12.1 Å². The summed E-state index contributed by atoms with van der Waals surface area (Å²) in [4.78, 5) is 15.1. The number of ether oxygens (including phenoxy) is 1. The van der Waals surface area contributed by atoms with E-state index in [-0.39, 0.29) is 16.4 Å². The van der Waals surface area contributed by atoms with Crippen LogP contribution in [0.15, 0.2) is 30.3 Å². The highest BCUT2D eigenvalue weighted by molar-refractivity contribution is 6.33. The van der Waals surface area contributed by atoms with E-state index < -0.39 is 11.7 Å². The van der Waals surface area contributed by atoms with Crippen LogP contribution < -0.4 is 10.6 Å². The maximum Gasteiger partial charge on any atom is 0.276 e. The summed E-state index contributed by atoms with van der Waals surface area (Å²) in [6, 6.07) is 7.56. The molecule has 176 valence electrons. The predicted octanol–water partition coefficient (Wildman–Crippen LogP) is 4.07. The van der Waals surface area contributed by atoms with Gasteiger partial charge in [-0.15, -0.1) is 10.2 Å². The third kappa shape index (κ3) is 5.45. The first-order valence-corrected chi connectivity index (χ1v) is 12.1. The summed E-state index contributed by atoms with van der Waals surface area (Å²) in [5, 5.41) is 14.5. The molecule has 2 N–H and O–H groups in total. The lowest BCUT2D eigenvalue weighted by atomic mass is 10.00. The van der Waals surface area contributed by atoms with Gasteiger partial charge in [-0.1, -0.05) is 11.6 Å². The maximum atomic E-state index is 13.4. The number of rotatable bonds is 6. The van der Waals surface area contributed by atoms with E-state index in [0.717, 1.165) is 43.8 Å². The van der Waals surface area contributed by atoms with E-state index >= 15 is 0 Å². The Hall–Kier alpha value is -2.29. The normalized spacial score (nSPS) is 25.7. The molecule has 1 saturated carbocycles. The Morgan fingerprint density at radius 1 is 1.12 bits per heavy atom. The highest BCUT2D eigenvalue weighted by atomic mass is 35.5. The van der Waals surface area contributed by atoms with Crippen molar-refractivity contribution < 1.29 is 13.9 Å². The van der Waals surface area contributed by atoms with Crippen LogP contribution in [-0.4, -0.2) is 59.9 Å². The average molecular weight is 474 g/mol. The Labute approximate surface area is 198 Å². The first-order chi connectivity index (χ1) is 16.0. The standard InChI is InChI=1S/C24H29ClFN5O2/c25-20-2-1-18(26)11-22(20)28-24(32)21-3-4-23(30-29-21)27-19-9-16-13-31(14-17(16)10-19)12-15-5-7-33-8-6-15/h1-4,11,15-17,19H,5-10,12-14H2,(H,27,30)(H,28,32)/t16-,17+,19+. The summed E-state index contributed by atoms with van der Waals surface area (Å²) in [5.41, 5.74) is 0.349. The molecule has 2 aromatic rings. The molecule has 3 fully saturated rings. The van der Waals surface area contributed by atoms with Crippen molar-refractivity contribution in [2.24, 2.45) is 17.8 Å². The third-order valence-corrected chi connectivity index (χ3v) is 7.44. The third-order valence-electron chi connectivity index (χ3n) is 7.11. The molecule has 1 amide bonds. The van der Waals surface area contributed by atoms with Crippen LogP contribution in [0.4, 0.5) is 15.9 Å². The van der Waals surface area contributed by atoms with E-state index in [0.29, 0.717) is 11.9 Å². The van der Waals surface area contributed by atoms with E-state index in [1.165, 1.54) is 50.7 Å². The maximum absolute atomic E-state index is 13.4. The number of anilines is 2. The van der Waals surface area contributed by atoms with Crippen LogP contribution in [0, 0.1) is 23.6 Å². The zero-order valence-corrected chi connectivity index (χ0v) is 19.2. The summed E-state index contributed by atoms with van der Waals surface area (Å²) in [6.07, 6.45) is 4.66. The molecule has 3 aliphatic rings. The molecule has 0 spiro atoms. The summed E-state index contributed by atoms with van der Waals surface area (Å²) in [5.74, 6) is 1.96. The molecule has 3 atom stereocenters. The number of hydrogen-bond acceptors (Lipinski definition) is 6. The van der Waals surface area contributed by atoms with Crippen LogP contribution in [0.25, 0.3) is 0 Å². The molecule has 0 unspecified atom stereocenters. The van der Waals surface area contributed by atoms with Crippen molar-refractivity contribution in [3.8, 4) is 0 Å². The molecule has 2 aliphatic heterocycles. The molecular formula is C24H29ClFN5O2. The summed E-state index contributed by atoms with van der Waals surface area (Å²) < 4.78 is 18.9. The Morgan fingerprint density at radius 3 is 2.58 bits per heavy atom. The fourth-order valence-corrected chi connectivity index (χ4v) is 5.64. The van der Waals surface area contributed by atoms with Gasteiger partial charge in [0.2, 0.25) is 0 Å². The minimum atomic E-state index is -0.485. The Bertz CT molecular complexity index is 971. The highest BCUT2D eigenvalue weighted by Gasteiger charge is 2.41. The first kappa shape index (κ1) is 22.5. The van der Waals surface area contributed by atoms with Gasteiger partial charge < -0.3 is 20.3 Å². The lowest BCUT2D eigenvalue weighted by molar-refractivity contribution is 0.0545. The zero-order valence-electron chi connectivity index (χ0n) is 18.5. The van der Waals surface area contributed by atoms with E-state index in [9.17, 15) is 9.18 Å².